The first-order chi connectivity index (χ1) is 8.36. The lowest BCUT2D eigenvalue weighted by Gasteiger charge is -2.07. The van der Waals surface area contributed by atoms with Gasteiger partial charge in [-0.3, -0.25) is 0 Å². The molecule has 1 aromatic heterocycles. The molecule has 6 heteroatoms. The van der Waals surface area contributed by atoms with Crippen LogP contribution in [0.5, 0.6) is 5.88 Å². The van der Waals surface area contributed by atoms with E-state index in [1.54, 1.807) is 6.07 Å². The van der Waals surface area contributed by atoms with Crippen LogP contribution in [-0.2, 0) is 4.74 Å². The Labute approximate surface area is 107 Å². The topological polar surface area (TPSA) is 56.3 Å². The van der Waals surface area contributed by atoms with Gasteiger partial charge in [-0.2, -0.15) is 0 Å². The van der Waals surface area contributed by atoms with Crippen molar-refractivity contribution in [1.29, 1.82) is 0 Å². The second-order valence-corrected chi connectivity index (χ2v) is 3.70. The van der Waals surface area contributed by atoms with Crippen LogP contribution in [-0.4, -0.2) is 42.2 Å². The van der Waals surface area contributed by atoms with Gasteiger partial charge in [0.05, 0.1) is 19.8 Å². The van der Waals surface area contributed by atoms with E-state index < -0.39 is 0 Å². The van der Waals surface area contributed by atoms with Crippen molar-refractivity contribution in [3.05, 3.63) is 12.4 Å². The summed E-state index contributed by atoms with van der Waals surface area (Å²) in [4.78, 5) is 8.09. The number of alkyl halides is 1. The molecule has 0 amide bonds. The number of hydrogen-bond acceptors (Lipinski definition) is 5. The Bertz CT molecular complexity index is 313. The Morgan fingerprint density at radius 1 is 1.29 bits per heavy atom. The summed E-state index contributed by atoms with van der Waals surface area (Å²) in [7, 11) is 0. The summed E-state index contributed by atoms with van der Waals surface area (Å²) in [6.45, 7) is 4.56. The maximum Gasteiger partial charge on any atom is 0.218 e. The summed E-state index contributed by atoms with van der Waals surface area (Å²) in [6.07, 6.45) is 2.44. The minimum absolute atomic E-state index is 0.516. The second kappa shape index (κ2) is 9.01. The molecule has 0 saturated heterocycles. The highest BCUT2D eigenvalue weighted by Crippen LogP contribution is 2.10. The largest absolute Gasteiger partial charge is 0.478 e. The number of anilines is 1. The third kappa shape index (κ3) is 6.28. The Balaban J connectivity index is 2.27. The van der Waals surface area contributed by atoms with E-state index in [-0.39, 0.29) is 0 Å². The van der Waals surface area contributed by atoms with E-state index in [0.717, 1.165) is 12.2 Å². The highest BCUT2D eigenvalue weighted by atomic mass is 35.5. The summed E-state index contributed by atoms with van der Waals surface area (Å²) in [5.41, 5.74) is 0. The van der Waals surface area contributed by atoms with Gasteiger partial charge in [0.1, 0.15) is 12.1 Å². The fraction of sp³-hybridized carbons (Fsp3) is 0.636. The van der Waals surface area contributed by atoms with Gasteiger partial charge in [0.25, 0.3) is 0 Å². The SMILES string of the molecule is CCCOc1cc(NCCOCCCl)ncn1. The van der Waals surface area contributed by atoms with Crippen LogP contribution in [0, 0.1) is 0 Å². The van der Waals surface area contributed by atoms with Crippen LogP contribution in [0.4, 0.5) is 5.82 Å². The average Bonchev–Trinajstić information content (AvgIpc) is 2.37. The Morgan fingerprint density at radius 3 is 2.94 bits per heavy atom. The molecule has 0 fully saturated rings. The second-order valence-electron chi connectivity index (χ2n) is 3.32. The molecule has 1 rings (SSSR count). The predicted octanol–water partition coefficient (Wildman–Crippen LogP) is 1.93. The van der Waals surface area contributed by atoms with Crippen molar-refractivity contribution in [3.63, 3.8) is 0 Å². The first-order valence-corrected chi connectivity index (χ1v) is 6.22. The van der Waals surface area contributed by atoms with Crippen molar-refractivity contribution in [3.8, 4) is 5.88 Å². The number of ether oxygens (including phenoxy) is 2. The van der Waals surface area contributed by atoms with Gasteiger partial charge in [-0.15, -0.1) is 11.6 Å². The molecule has 96 valence electrons. The molecular weight excluding hydrogens is 242 g/mol. The summed E-state index contributed by atoms with van der Waals surface area (Å²) < 4.78 is 10.6. The fourth-order valence-corrected chi connectivity index (χ4v) is 1.24. The quantitative estimate of drug-likeness (QED) is 0.543. The average molecular weight is 260 g/mol. The number of nitrogens with one attached hydrogen (secondary N) is 1. The first kappa shape index (κ1) is 14.0. The van der Waals surface area contributed by atoms with Crippen LogP contribution in [0.25, 0.3) is 0 Å². The van der Waals surface area contributed by atoms with Gasteiger partial charge in [0.2, 0.25) is 5.88 Å². The van der Waals surface area contributed by atoms with Crippen LogP contribution in [0.3, 0.4) is 0 Å². The molecule has 1 N–H and O–H groups in total. The molecule has 0 bridgehead atoms. The highest BCUT2D eigenvalue weighted by Gasteiger charge is 1.98. The maximum absolute atomic E-state index is 5.48. The van der Waals surface area contributed by atoms with Crippen molar-refractivity contribution in [1.82, 2.24) is 9.97 Å². The van der Waals surface area contributed by atoms with Gasteiger partial charge in [-0.25, -0.2) is 9.97 Å². The Morgan fingerprint density at radius 2 is 2.18 bits per heavy atom. The Hall–Kier alpha value is -1.07. The van der Waals surface area contributed by atoms with Crippen LogP contribution < -0.4 is 10.1 Å². The van der Waals surface area contributed by atoms with Crippen molar-refractivity contribution in [2.24, 2.45) is 0 Å². The van der Waals surface area contributed by atoms with E-state index >= 15 is 0 Å². The number of hydrogen-bond donors (Lipinski definition) is 1. The molecule has 0 atom stereocenters. The molecule has 1 aromatic rings. The molecule has 5 nitrogen and oxygen atoms in total. The molecule has 0 saturated carbocycles. The zero-order valence-corrected chi connectivity index (χ0v) is 10.7. The fourth-order valence-electron chi connectivity index (χ4n) is 1.13. The molecule has 0 aliphatic rings. The number of nitrogens with zero attached hydrogens (tertiary/aromatic N) is 2. The van der Waals surface area contributed by atoms with E-state index in [2.05, 4.69) is 22.2 Å². The third-order valence-electron chi connectivity index (χ3n) is 1.87. The van der Waals surface area contributed by atoms with Crippen LogP contribution >= 0.6 is 11.6 Å². The van der Waals surface area contributed by atoms with Gasteiger partial charge in [0, 0.05) is 18.5 Å². The molecule has 0 unspecified atom stereocenters. The summed E-state index contributed by atoms with van der Waals surface area (Å²) >= 11 is 5.48. The van der Waals surface area contributed by atoms with Gasteiger partial charge >= 0.3 is 0 Å². The monoisotopic (exact) mass is 259 g/mol. The van der Waals surface area contributed by atoms with E-state index in [4.69, 9.17) is 21.1 Å². The van der Waals surface area contributed by atoms with Crippen LogP contribution in [0.2, 0.25) is 0 Å². The van der Waals surface area contributed by atoms with Crippen LogP contribution in [0.15, 0.2) is 12.4 Å². The molecule has 0 radical (unpaired) electrons. The first-order valence-electron chi connectivity index (χ1n) is 5.69. The van der Waals surface area contributed by atoms with Gasteiger partial charge in [-0.1, -0.05) is 6.92 Å². The number of aromatic nitrogens is 2. The number of halogens is 1. The molecule has 17 heavy (non-hydrogen) atoms. The zero-order chi connectivity index (χ0) is 12.3. The minimum Gasteiger partial charge on any atom is -0.478 e. The maximum atomic E-state index is 5.48. The predicted molar refractivity (Wildman–Crippen MR) is 67.8 cm³/mol. The van der Waals surface area contributed by atoms with Gasteiger partial charge in [-0.05, 0) is 6.42 Å². The van der Waals surface area contributed by atoms with Crippen molar-refractivity contribution < 1.29 is 9.47 Å². The lowest BCUT2D eigenvalue weighted by atomic mass is 10.5. The van der Waals surface area contributed by atoms with Crippen molar-refractivity contribution >= 4 is 17.4 Å². The number of rotatable bonds is 9. The van der Waals surface area contributed by atoms with Crippen LogP contribution in [0.1, 0.15) is 13.3 Å². The molecule has 0 aliphatic carbocycles. The van der Waals surface area contributed by atoms with E-state index in [1.807, 2.05) is 0 Å². The van der Waals surface area contributed by atoms with E-state index in [9.17, 15) is 0 Å². The third-order valence-corrected chi connectivity index (χ3v) is 2.02. The molecular formula is C11H18ClN3O2. The highest BCUT2D eigenvalue weighted by molar-refractivity contribution is 6.17. The lowest BCUT2D eigenvalue weighted by molar-refractivity contribution is 0.160. The van der Waals surface area contributed by atoms with Gasteiger partial charge in [0.15, 0.2) is 0 Å². The summed E-state index contributed by atoms with van der Waals surface area (Å²) in [5.74, 6) is 1.84. The standard InChI is InChI=1S/C11H18ClN3O2/c1-2-5-17-11-8-10(14-9-15-11)13-4-7-16-6-3-12/h8-9H,2-7H2,1H3,(H,13,14,15). The molecule has 0 aliphatic heterocycles. The smallest absolute Gasteiger partial charge is 0.218 e. The molecule has 0 spiro atoms. The van der Waals surface area contributed by atoms with E-state index in [0.29, 0.717) is 38.1 Å². The summed E-state index contributed by atoms with van der Waals surface area (Å²) in [5, 5.41) is 3.12. The summed E-state index contributed by atoms with van der Waals surface area (Å²) in [6, 6.07) is 1.78. The zero-order valence-electron chi connectivity index (χ0n) is 9.99. The molecule has 1 heterocycles. The molecule has 0 aromatic carbocycles. The van der Waals surface area contributed by atoms with Gasteiger partial charge < -0.3 is 14.8 Å². The van der Waals surface area contributed by atoms with Crippen molar-refractivity contribution in [2.75, 3.05) is 37.6 Å². The minimum atomic E-state index is 0.516. The Kier molecular flexibility index (Phi) is 7.42. The lowest BCUT2D eigenvalue weighted by Crippen LogP contribution is -2.11. The van der Waals surface area contributed by atoms with E-state index in [1.165, 1.54) is 6.33 Å². The normalized spacial score (nSPS) is 10.2. The van der Waals surface area contributed by atoms with Crippen molar-refractivity contribution in [2.45, 2.75) is 13.3 Å².